The minimum absolute atomic E-state index is 0.0260. The van der Waals surface area contributed by atoms with Crippen molar-refractivity contribution in [2.24, 2.45) is 0 Å². The minimum Gasteiger partial charge on any atom is -0.382 e. The van der Waals surface area contributed by atoms with Crippen molar-refractivity contribution in [1.82, 2.24) is 10.3 Å². The summed E-state index contributed by atoms with van der Waals surface area (Å²) in [6, 6.07) is 6.19. The Morgan fingerprint density at radius 3 is 2.95 bits per heavy atom. The van der Waals surface area contributed by atoms with E-state index in [1.54, 1.807) is 6.07 Å². The molecule has 0 saturated heterocycles. The zero-order valence-electron chi connectivity index (χ0n) is 11.3. The molecule has 5 nitrogen and oxygen atoms in total. The van der Waals surface area contributed by atoms with Crippen LogP contribution in [0.3, 0.4) is 0 Å². The Labute approximate surface area is 125 Å². The van der Waals surface area contributed by atoms with Crippen molar-refractivity contribution < 1.29 is 9.18 Å². The highest BCUT2D eigenvalue weighted by molar-refractivity contribution is 7.13. The second-order valence-electron chi connectivity index (χ2n) is 4.20. The molecule has 0 fully saturated rings. The van der Waals surface area contributed by atoms with Crippen molar-refractivity contribution >= 4 is 22.9 Å². The summed E-state index contributed by atoms with van der Waals surface area (Å²) < 4.78 is 13.4. The zero-order valence-corrected chi connectivity index (χ0v) is 12.1. The minimum atomic E-state index is -0.563. The van der Waals surface area contributed by atoms with E-state index in [0.29, 0.717) is 23.7 Å². The predicted molar refractivity (Wildman–Crippen MR) is 78.8 cm³/mol. The van der Waals surface area contributed by atoms with Crippen LogP contribution in [-0.2, 0) is 0 Å². The number of hydrogen-bond acceptors (Lipinski definition) is 5. The molecule has 0 aliphatic rings. The molecule has 1 amide bonds. The molecule has 1 aromatic heterocycles. The van der Waals surface area contributed by atoms with Gasteiger partial charge in [0.15, 0.2) is 0 Å². The SMILES string of the molecule is Cc1ncc(C(=O)NCCNc2cccc(F)c2C#N)s1. The van der Waals surface area contributed by atoms with E-state index in [1.807, 2.05) is 13.0 Å². The average Bonchev–Trinajstić information content (AvgIpc) is 2.90. The average molecular weight is 304 g/mol. The maximum absolute atomic E-state index is 13.4. The van der Waals surface area contributed by atoms with Gasteiger partial charge < -0.3 is 10.6 Å². The fourth-order valence-electron chi connectivity index (χ4n) is 1.71. The number of aryl methyl sites for hydroxylation is 1. The maximum Gasteiger partial charge on any atom is 0.263 e. The smallest absolute Gasteiger partial charge is 0.263 e. The normalized spacial score (nSPS) is 9.95. The van der Waals surface area contributed by atoms with Crippen molar-refractivity contribution in [1.29, 1.82) is 5.26 Å². The quantitative estimate of drug-likeness (QED) is 0.831. The van der Waals surface area contributed by atoms with E-state index < -0.39 is 5.82 Å². The second-order valence-corrected chi connectivity index (χ2v) is 5.44. The Hall–Kier alpha value is -2.46. The topological polar surface area (TPSA) is 77.8 Å². The lowest BCUT2D eigenvalue weighted by atomic mass is 10.2. The van der Waals surface area contributed by atoms with Crippen molar-refractivity contribution in [3.8, 4) is 6.07 Å². The van der Waals surface area contributed by atoms with Gasteiger partial charge >= 0.3 is 0 Å². The van der Waals surface area contributed by atoms with Gasteiger partial charge in [0.1, 0.15) is 22.3 Å². The van der Waals surface area contributed by atoms with Gasteiger partial charge in [-0.05, 0) is 19.1 Å². The number of halogens is 1. The molecule has 0 radical (unpaired) electrons. The van der Waals surface area contributed by atoms with Gasteiger partial charge in [0.05, 0.1) is 16.9 Å². The summed E-state index contributed by atoms with van der Waals surface area (Å²) in [5, 5.41) is 15.4. The summed E-state index contributed by atoms with van der Waals surface area (Å²) in [4.78, 5) is 16.3. The summed E-state index contributed by atoms with van der Waals surface area (Å²) in [5.41, 5.74) is 0.391. The van der Waals surface area contributed by atoms with Gasteiger partial charge in [-0.2, -0.15) is 5.26 Å². The Balaban J connectivity index is 1.84. The molecule has 0 spiro atoms. The number of hydrogen-bond donors (Lipinski definition) is 2. The van der Waals surface area contributed by atoms with E-state index in [9.17, 15) is 9.18 Å². The van der Waals surface area contributed by atoms with Crippen LogP contribution in [0.1, 0.15) is 20.2 Å². The van der Waals surface area contributed by atoms with Gasteiger partial charge in [-0.25, -0.2) is 9.37 Å². The largest absolute Gasteiger partial charge is 0.382 e. The summed E-state index contributed by atoms with van der Waals surface area (Å²) in [6.45, 7) is 2.58. The van der Waals surface area contributed by atoms with E-state index in [0.717, 1.165) is 5.01 Å². The third-order valence-corrected chi connectivity index (χ3v) is 3.61. The number of nitriles is 1. The van der Waals surface area contributed by atoms with Crippen molar-refractivity contribution in [3.05, 3.63) is 45.7 Å². The molecule has 0 unspecified atom stereocenters. The molecule has 0 atom stereocenters. The first-order chi connectivity index (χ1) is 10.1. The molecular weight excluding hydrogens is 291 g/mol. The Morgan fingerprint density at radius 2 is 2.29 bits per heavy atom. The number of anilines is 1. The summed E-state index contributed by atoms with van der Waals surface area (Å²) in [7, 11) is 0. The number of carbonyl (C=O) groups excluding carboxylic acids is 1. The first-order valence-electron chi connectivity index (χ1n) is 6.25. The van der Waals surface area contributed by atoms with Crippen LogP contribution in [0.25, 0.3) is 0 Å². The van der Waals surface area contributed by atoms with Crippen molar-refractivity contribution in [3.63, 3.8) is 0 Å². The van der Waals surface area contributed by atoms with Crippen LogP contribution in [0, 0.1) is 24.1 Å². The molecule has 7 heteroatoms. The fraction of sp³-hybridized carbons (Fsp3) is 0.214. The number of carbonyl (C=O) groups is 1. The van der Waals surface area contributed by atoms with E-state index in [1.165, 1.54) is 29.7 Å². The van der Waals surface area contributed by atoms with E-state index in [2.05, 4.69) is 15.6 Å². The molecule has 0 aliphatic heterocycles. The molecular formula is C14H13FN4OS. The Bertz CT molecular complexity index is 693. The molecule has 2 rings (SSSR count). The lowest BCUT2D eigenvalue weighted by molar-refractivity contribution is 0.0959. The molecule has 0 bridgehead atoms. The highest BCUT2D eigenvalue weighted by atomic mass is 32.1. The lowest BCUT2D eigenvalue weighted by Crippen LogP contribution is -2.28. The summed E-state index contributed by atoms with van der Waals surface area (Å²) >= 11 is 1.32. The number of nitrogens with zero attached hydrogens (tertiary/aromatic N) is 2. The lowest BCUT2D eigenvalue weighted by Gasteiger charge is -2.09. The number of nitrogens with one attached hydrogen (secondary N) is 2. The number of rotatable bonds is 5. The number of amides is 1. The highest BCUT2D eigenvalue weighted by Crippen LogP contribution is 2.17. The van der Waals surface area contributed by atoms with Crippen molar-refractivity contribution in [2.75, 3.05) is 18.4 Å². The Morgan fingerprint density at radius 1 is 1.48 bits per heavy atom. The van der Waals surface area contributed by atoms with Gasteiger partial charge in [-0.1, -0.05) is 6.07 Å². The van der Waals surface area contributed by atoms with Gasteiger partial charge in [0.25, 0.3) is 5.91 Å². The van der Waals surface area contributed by atoms with Crippen molar-refractivity contribution in [2.45, 2.75) is 6.92 Å². The highest BCUT2D eigenvalue weighted by Gasteiger charge is 2.09. The molecule has 21 heavy (non-hydrogen) atoms. The van der Waals surface area contributed by atoms with E-state index in [-0.39, 0.29) is 11.5 Å². The van der Waals surface area contributed by atoms with Gasteiger partial charge in [-0.3, -0.25) is 4.79 Å². The zero-order chi connectivity index (χ0) is 15.2. The predicted octanol–water partition coefficient (Wildman–Crippen LogP) is 2.30. The van der Waals surface area contributed by atoms with Crippen LogP contribution in [0.5, 0.6) is 0 Å². The van der Waals surface area contributed by atoms with Gasteiger partial charge in [0.2, 0.25) is 0 Å². The van der Waals surface area contributed by atoms with Gasteiger partial charge in [0, 0.05) is 13.1 Å². The van der Waals surface area contributed by atoms with Crippen LogP contribution in [-0.4, -0.2) is 24.0 Å². The molecule has 0 saturated carbocycles. The van der Waals surface area contributed by atoms with Crippen LogP contribution in [0.2, 0.25) is 0 Å². The molecule has 2 N–H and O–H groups in total. The van der Waals surface area contributed by atoms with E-state index >= 15 is 0 Å². The molecule has 2 aromatic rings. The molecule has 108 valence electrons. The van der Waals surface area contributed by atoms with Crippen LogP contribution in [0.4, 0.5) is 10.1 Å². The number of benzene rings is 1. The van der Waals surface area contributed by atoms with Gasteiger partial charge in [-0.15, -0.1) is 11.3 Å². The second kappa shape index (κ2) is 6.81. The monoisotopic (exact) mass is 304 g/mol. The number of aromatic nitrogens is 1. The fourth-order valence-corrected chi connectivity index (χ4v) is 2.41. The van der Waals surface area contributed by atoms with E-state index in [4.69, 9.17) is 5.26 Å². The standard InChI is InChI=1S/C14H13FN4OS/c1-9-19-8-13(21-9)14(20)18-6-5-17-12-4-2-3-11(15)10(12)7-16/h2-4,8,17H,5-6H2,1H3,(H,18,20). The summed E-state index contributed by atoms with van der Waals surface area (Å²) in [5.74, 6) is -0.756. The Kier molecular flexibility index (Phi) is 4.85. The van der Waals surface area contributed by atoms with Crippen LogP contribution in [0.15, 0.2) is 24.4 Å². The molecule has 1 heterocycles. The first-order valence-corrected chi connectivity index (χ1v) is 7.06. The molecule has 0 aliphatic carbocycles. The first kappa shape index (κ1) is 14.9. The van der Waals surface area contributed by atoms with Crippen LogP contribution < -0.4 is 10.6 Å². The summed E-state index contributed by atoms with van der Waals surface area (Å²) in [6.07, 6.45) is 1.53. The third kappa shape index (κ3) is 3.77. The third-order valence-electron chi connectivity index (χ3n) is 2.70. The number of thiazole rings is 1. The van der Waals surface area contributed by atoms with Crippen LogP contribution >= 0.6 is 11.3 Å². The maximum atomic E-state index is 13.4. The molecule has 1 aromatic carbocycles.